The van der Waals surface area contributed by atoms with Gasteiger partial charge in [0, 0.05) is 19.1 Å². The summed E-state index contributed by atoms with van der Waals surface area (Å²) in [6, 6.07) is 6.11. The monoisotopic (exact) mass is 374 g/mol. The van der Waals surface area contributed by atoms with Crippen LogP contribution < -0.4 is 4.74 Å². The molecule has 1 atom stereocenters. The smallest absolute Gasteiger partial charge is 0.338 e. The summed E-state index contributed by atoms with van der Waals surface area (Å²) >= 11 is 1.47. The minimum Gasteiger partial charge on any atom is -0.466 e. The molecule has 0 aromatic heterocycles. The average Bonchev–Trinajstić information content (AvgIpc) is 2.60. The third-order valence-corrected chi connectivity index (χ3v) is 5.00. The number of benzene rings is 1. The first-order chi connectivity index (χ1) is 12.4. The van der Waals surface area contributed by atoms with Gasteiger partial charge >= 0.3 is 11.9 Å². The van der Waals surface area contributed by atoms with Crippen molar-refractivity contribution in [3.05, 3.63) is 41.1 Å². The van der Waals surface area contributed by atoms with Crippen LogP contribution in [-0.4, -0.2) is 40.8 Å². The fraction of sp³-hybridized carbons (Fsp3) is 0.333. The molecule has 0 aliphatic carbocycles. The van der Waals surface area contributed by atoms with Crippen LogP contribution in [0.4, 0.5) is 0 Å². The van der Waals surface area contributed by atoms with Crippen molar-refractivity contribution in [3.8, 4) is 5.75 Å². The number of carbonyl (C=O) groups excluding carboxylic acids is 3. The molecule has 1 aromatic rings. The zero-order valence-electron chi connectivity index (χ0n) is 14.6. The van der Waals surface area contributed by atoms with Crippen LogP contribution >= 0.6 is 11.8 Å². The number of allylic oxidation sites excluding steroid dienone is 1. The fourth-order valence-electron chi connectivity index (χ4n) is 3.00. The Labute approximate surface area is 155 Å². The van der Waals surface area contributed by atoms with Crippen molar-refractivity contribution in [2.24, 2.45) is 4.99 Å². The van der Waals surface area contributed by atoms with E-state index in [1.54, 1.807) is 31.2 Å². The van der Waals surface area contributed by atoms with Crippen molar-refractivity contribution in [1.29, 1.82) is 0 Å². The van der Waals surface area contributed by atoms with Gasteiger partial charge in [-0.25, -0.2) is 9.79 Å². The highest BCUT2D eigenvalue weighted by molar-refractivity contribution is 8.14. The van der Waals surface area contributed by atoms with E-state index < -0.39 is 18.0 Å². The Hall–Kier alpha value is -2.61. The van der Waals surface area contributed by atoms with Gasteiger partial charge in [-0.05, 0) is 24.6 Å². The SMILES string of the molecule is COC(=O)C1=C(C)N=C2SCCC(=O)N2[C@@H]1c1cccc(OC(C)=O)c1. The van der Waals surface area contributed by atoms with Crippen molar-refractivity contribution in [2.75, 3.05) is 12.9 Å². The molecule has 7 nitrogen and oxygen atoms in total. The Kier molecular flexibility index (Phi) is 5.13. The summed E-state index contributed by atoms with van der Waals surface area (Å²) in [5.74, 6) is -0.110. The number of amidine groups is 1. The van der Waals surface area contributed by atoms with E-state index in [-0.39, 0.29) is 5.91 Å². The Balaban J connectivity index is 2.14. The van der Waals surface area contributed by atoms with E-state index in [1.165, 1.54) is 30.7 Å². The lowest BCUT2D eigenvalue weighted by Gasteiger charge is -2.38. The molecular formula is C18H18N2O5S. The number of amides is 1. The first-order valence-electron chi connectivity index (χ1n) is 8.03. The van der Waals surface area contributed by atoms with E-state index in [0.29, 0.717) is 39.9 Å². The van der Waals surface area contributed by atoms with Gasteiger partial charge in [-0.3, -0.25) is 14.5 Å². The number of carbonyl (C=O) groups is 3. The highest BCUT2D eigenvalue weighted by Crippen LogP contribution is 2.40. The van der Waals surface area contributed by atoms with Crippen molar-refractivity contribution in [1.82, 2.24) is 4.90 Å². The van der Waals surface area contributed by atoms with Crippen LogP contribution in [0, 0.1) is 0 Å². The third-order valence-electron chi connectivity index (χ3n) is 4.05. The number of thioether (sulfide) groups is 1. The Morgan fingerprint density at radius 2 is 2.12 bits per heavy atom. The Bertz CT molecular complexity index is 846. The second-order valence-corrected chi connectivity index (χ2v) is 6.88. The minimum absolute atomic E-state index is 0.112. The molecular weight excluding hydrogens is 356 g/mol. The van der Waals surface area contributed by atoms with Gasteiger partial charge in [-0.15, -0.1) is 0 Å². The van der Waals surface area contributed by atoms with Gasteiger partial charge in [-0.2, -0.15) is 0 Å². The quantitative estimate of drug-likeness (QED) is 0.597. The summed E-state index contributed by atoms with van der Waals surface area (Å²) in [6.45, 7) is 3.03. The van der Waals surface area contributed by atoms with Crippen molar-refractivity contribution < 1.29 is 23.9 Å². The molecule has 0 unspecified atom stereocenters. The second kappa shape index (κ2) is 7.33. The number of methoxy groups -OCH3 is 1. The summed E-state index contributed by atoms with van der Waals surface area (Å²) in [5.41, 5.74) is 1.45. The van der Waals surface area contributed by atoms with Gasteiger partial charge in [0.1, 0.15) is 5.75 Å². The maximum absolute atomic E-state index is 12.6. The first kappa shape index (κ1) is 18.2. The summed E-state index contributed by atoms with van der Waals surface area (Å²) in [4.78, 5) is 42.3. The number of nitrogens with zero attached hydrogens (tertiary/aromatic N) is 2. The molecule has 8 heteroatoms. The van der Waals surface area contributed by atoms with Crippen LogP contribution in [-0.2, 0) is 19.1 Å². The number of hydrogen-bond donors (Lipinski definition) is 0. The molecule has 1 aromatic carbocycles. The lowest BCUT2D eigenvalue weighted by molar-refractivity contribution is -0.137. The van der Waals surface area contributed by atoms with E-state index in [1.807, 2.05) is 0 Å². The number of rotatable bonds is 3. The standard InChI is InChI=1S/C18H18N2O5S/c1-10-15(17(23)24-3)16(20-14(22)7-8-26-18(20)19-10)12-5-4-6-13(9-12)25-11(2)21/h4-6,9,16H,7-8H2,1-3H3/t16-/m1/s1. The summed E-state index contributed by atoms with van der Waals surface area (Å²) in [5, 5.41) is 0.564. The lowest BCUT2D eigenvalue weighted by Crippen LogP contribution is -2.45. The molecule has 0 N–H and O–H groups in total. The van der Waals surface area contributed by atoms with Crippen molar-refractivity contribution >= 4 is 34.8 Å². The molecule has 0 spiro atoms. The molecule has 136 valence electrons. The van der Waals surface area contributed by atoms with Crippen LogP contribution in [0.2, 0.25) is 0 Å². The molecule has 1 saturated heterocycles. The molecule has 0 radical (unpaired) electrons. The number of ether oxygens (including phenoxy) is 2. The van der Waals surface area contributed by atoms with E-state index in [9.17, 15) is 14.4 Å². The summed E-state index contributed by atoms with van der Waals surface area (Å²) < 4.78 is 10.1. The molecule has 0 bridgehead atoms. The molecule has 1 fully saturated rings. The van der Waals surface area contributed by atoms with Crippen molar-refractivity contribution in [3.63, 3.8) is 0 Å². The molecule has 2 heterocycles. The summed E-state index contributed by atoms with van der Waals surface area (Å²) in [6.07, 6.45) is 0.358. The molecule has 1 amide bonds. The van der Waals surface area contributed by atoms with Crippen LogP contribution in [0.3, 0.4) is 0 Å². The Morgan fingerprint density at radius 3 is 2.81 bits per heavy atom. The second-order valence-electron chi connectivity index (χ2n) is 5.82. The largest absolute Gasteiger partial charge is 0.466 e. The van der Waals surface area contributed by atoms with E-state index in [2.05, 4.69) is 4.99 Å². The van der Waals surface area contributed by atoms with Gasteiger partial charge in [0.2, 0.25) is 5.91 Å². The Morgan fingerprint density at radius 1 is 1.35 bits per heavy atom. The third kappa shape index (κ3) is 3.37. The van der Waals surface area contributed by atoms with Crippen LogP contribution in [0.5, 0.6) is 5.75 Å². The van der Waals surface area contributed by atoms with Gasteiger partial charge in [0.25, 0.3) is 0 Å². The highest BCUT2D eigenvalue weighted by Gasteiger charge is 2.41. The lowest BCUT2D eigenvalue weighted by atomic mass is 9.94. The van der Waals surface area contributed by atoms with E-state index in [4.69, 9.17) is 9.47 Å². The number of aliphatic imine (C=N–C) groups is 1. The normalized spacial score (nSPS) is 19.7. The van der Waals surface area contributed by atoms with E-state index >= 15 is 0 Å². The maximum Gasteiger partial charge on any atom is 0.338 e. The number of hydrogen-bond acceptors (Lipinski definition) is 7. The predicted molar refractivity (Wildman–Crippen MR) is 96.6 cm³/mol. The molecule has 2 aliphatic rings. The zero-order chi connectivity index (χ0) is 18.8. The zero-order valence-corrected chi connectivity index (χ0v) is 15.5. The summed E-state index contributed by atoms with van der Waals surface area (Å²) in [7, 11) is 1.29. The van der Waals surface area contributed by atoms with Gasteiger partial charge in [0.05, 0.1) is 24.4 Å². The first-order valence-corrected chi connectivity index (χ1v) is 9.02. The van der Waals surface area contributed by atoms with Crippen molar-refractivity contribution in [2.45, 2.75) is 26.3 Å². The number of fused-ring (bicyclic) bond motifs is 1. The molecule has 0 saturated carbocycles. The minimum atomic E-state index is -0.675. The average molecular weight is 374 g/mol. The number of esters is 2. The molecule has 26 heavy (non-hydrogen) atoms. The topological polar surface area (TPSA) is 85.3 Å². The van der Waals surface area contributed by atoms with Gasteiger partial charge in [0.15, 0.2) is 5.17 Å². The fourth-order valence-corrected chi connectivity index (χ4v) is 4.00. The van der Waals surface area contributed by atoms with Crippen LogP contribution in [0.15, 0.2) is 40.5 Å². The van der Waals surface area contributed by atoms with Crippen LogP contribution in [0.25, 0.3) is 0 Å². The highest BCUT2D eigenvalue weighted by atomic mass is 32.2. The van der Waals surface area contributed by atoms with Gasteiger partial charge in [-0.1, -0.05) is 23.9 Å². The van der Waals surface area contributed by atoms with E-state index in [0.717, 1.165) is 0 Å². The van der Waals surface area contributed by atoms with Gasteiger partial charge < -0.3 is 9.47 Å². The molecule has 3 rings (SSSR count). The molecule has 2 aliphatic heterocycles. The predicted octanol–water partition coefficient (Wildman–Crippen LogP) is 2.44. The maximum atomic E-state index is 12.6. The van der Waals surface area contributed by atoms with Crippen LogP contribution in [0.1, 0.15) is 31.9 Å².